The highest BCUT2D eigenvalue weighted by atomic mass is 16.2. The van der Waals surface area contributed by atoms with Crippen molar-refractivity contribution in [3.8, 4) is 0 Å². The average molecular weight is 289 g/mol. The molecule has 5 heteroatoms. The van der Waals surface area contributed by atoms with Crippen molar-refractivity contribution in [1.82, 2.24) is 5.32 Å². The number of hydrogen-bond donors (Lipinski definition) is 2. The Morgan fingerprint density at radius 3 is 2.62 bits per heavy atom. The van der Waals surface area contributed by atoms with Crippen molar-refractivity contribution in [2.75, 3.05) is 24.5 Å². The zero-order valence-electron chi connectivity index (χ0n) is 12.6. The second-order valence-corrected chi connectivity index (χ2v) is 5.66. The topological polar surface area (TPSA) is 75.4 Å². The van der Waals surface area contributed by atoms with Crippen LogP contribution in [0.2, 0.25) is 0 Å². The highest BCUT2D eigenvalue weighted by Gasteiger charge is 2.37. The fourth-order valence-electron chi connectivity index (χ4n) is 2.54. The van der Waals surface area contributed by atoms with Crippen LogP contribution in [0, 0.1) is 5.92 Å². The lowest BCUT2D eigenvalue weighted by Crippen LogP contribution is -2.38. The van der Waals surface area contributed by atoms with Crippen molar-refractivity contribution in [2.24, 2.45) is 11.7 Å². The number of benzene rings is 1. The van der Waals surface area contributed by atoms with Crippen LogP contribution in [0.4, 0.5) is 5.69 Å². The molecule has 114 valence electrons. The summed E-state index contributed by atoms with van der Waals surface area (Å²) in [5, 5.41) is 2.69. The number of carbonyl (C=O) groups excluding carboxylic acids is 2. The number of nitrogens with zero attached hydrogens (tertiary/aromatic N) is 1. The van der Waals surface area contributed by atoms with Crippen molar-refractivity contribution in [2.45, 2.75) is 26.2 Å². The number of nitrogens with two attached hydrogens (primary N) is 1. The molecule has 0 spiro atoms. The molecule has 0 radical (unpaired) electrons. The molecule has 1 aliphatic heterocycles. The summed E-state index contributed by atoms with van der Waals surface area (Å²) in [6.07, 6.45) is 0.557. The van der Waals surface area contributed by atoms with Crippen molar-refractivity contribution in [3.63, 3.8) is 0 Å². The Hall–Kier alpha value is -1.88. The van der Waals surface area contributed by atoms with Crippen molar-refractivity contribution >= 4 is 17.5 Å². The van der Waals surface area contributed by atoms with Gasteiger partial charge in [0.2, 0.25) is 11.8 Å². The minimum atomic E-state index is -0.582. The Bertz CT molecular complexity index is 511. The van der Waals surface area contributed by atoms with E-state index >= 15 is 0 Å². The van der Waals surface area contributed by atoms with Crippen LogP contribution < -0.4 is 16.0 Å². The summed E-state index contributed by atoms with van der Waals surface area (Å²) in [4.78, 5) is 26.0. The Morgan fingerprint density at radius 2 is 2.05 bits per heavy atom. The molecule has 5 nitrogen and oxygen atoms in total. The van der Waals surface area contributed by atoms with Gasteiger partial charge >= 0.3 is 0 Å². The van der Waals surface area contributed by atoms with E-state index in [4.69, 9.17) is 5.73 Å². The lowest BCUT2D eigenvalue weighted by molar-refractivity contribution is -0.132. The fourth-order valence-corrected chi connectivity index (χ4v) is 2.54. The summed E-state index contributed by atoms with van der Waals surface area (Å²) in [6.45, 7) is 5.64. The van der Waals surface area contributed by atoms with Gasteiger partial charge in [0, 0.05) is 25.3 Å². The van der Waals surface area contributed by atoms with Gasteiger partial charge in [0.1, 0.15) is 5.92 Å². The van der Waals surface area contributed by atoms with Crippen LogP contribution in [0.5, 0.6) is 0 Å². The maximum atomic E-state index is 12.4. The van der Waals surface area contributed by atoms with E-state index in [1.165, 1.54) is 5.56 Å². The zero-order chi connectivity index (χ0) is 15.4. The van der Waals surface area contributed by atoms with Crippen LogP contribution in [-0.4, -0.2) is 31.4 Å². The van der Waals surface area contributed by atoms with Gasteiger partial charge in [0.25, 0.3) is 0 Å². The van der Waals surface area contributed by atoms with E-state index in [0.29, 0.717) is 32.0 Å². The minimum Gasteiger partial charge on any atom is -0.354 e. The first-order valence-corrected chi connectivity index (χ1v) is 7.43. The molecule has 0 aromatic heterocycles. The standard InChI is InChI=1S/C16H23N3O2/c1-11(2)12-3-5-13(6-4-12)19-10-7-14(16(19)21)15(20)18-9-8-17/h3-6,11,14H,7-10,17H2,1-2H3,(H,18,20). The van der Waals surface area contributed by atoms with Gasteiger partial charge in [-0.2, -0.15) is 0 Å². The summed E-state index contributed by atoms with van der Waals surface area (Å²) in [6, 6.07) is 7.98. The smallest absolute Gasteiger partial charge is 0.239 e. The van der Waals surface area contributed by atoms with Crippen LogP contribution in [0.3, 0.4) is 0 Å². The number of rotatable bonds is 5. The monoisotopic (exact) mass is 289 g/mol. The third-order valence-corrected chi connectivity index (χ3v) is 3.84. The average Bonchev–Trinajstić information content (AvgIpc) is 2.86. The maximum Gasteiger partial charge on any atom is 0.239 e. The van der Waals surface area contributed by atoms with E-state index < -0.39 is 5.92 Å². The Kier molecular flexibility index (Phi) is 4.96. The minimum absolute atomic E-state index is 0.123. The van der Waals surface area contributed by atoms with Gasteiger partial charge in [-0.15, -0.1) is 0 Å². The lowest BCUT2D eigenvalue weighted by Gasteiger charge is -2.17. The molecule has 1 unspecified atom stereocenters. The van der Waals surface area contributed by atoms with Crippen LogP contribution >= 0.6 is 0 Å². The fraction of sp³-hybridized carbons (Fsp3) is 0.500. The van der Waals surface area contributed by atoms with E-state index in [-0.39, 0.29) is 11.8 Å². The number of carbonyl (C=O) groups is 2. The molecule has 1 atom stereocenters. The Morgan fingerprint density at radius 1 is 1.38 bits per heavy atom. The van der Waals surface area contributed by atoms with Gasteiger partial charge in [0.15, 0.2) is 0 Å². The first-order chi connectivity index (χ1) is 10.0. The highest BCUT2D eigenvalue weighted by molar-refractivity contribution is 6.09. The van der Waals surface area contributed by atoms with Crippen LogP contribution in [0.1, 0.15) is 31.7 Å². The molecule has 1 aromatic carbocycles. The van der Waals surface area contributed by atoms with Crippen LogP contribution in [0.15, 0.2) is 24.3 Å². The van der Waals surface area contributed by atoms with Crippen molar-refractivity contribution < 1.29 is 9.59 Å². The number of amides is 2. The summed E-state index contributed by atoms with van der Waals surface area (Å²) in [7, 11) is 0. The lowest BCUT2D eigenvalue weighted by atomic mass is 10.0. The maximum absolute atomic E-state index is 12.4. The van der Waals surface area contributed by atoms with Gasteiger partial charge in [-0.3, -0.25) is 9.59 Å². The predicted octanol–water partition coefficient (Wildman–Crippen LogP) is 1.24. The molecule has 1 heterocycles. The molecule has 2 amide bonds. The van der Waals surface area contributed by atoms with Gasteiger partial charge in [-0.05, 0) is 30.0 Å². The molecule has 0 aliphatic carbocycles. The van der Waals surface area contributed by atoms with Gasteiger partial charge in [-0.25, -0.2) is 0 Å². The summed E-state index contributed by atoms with van der Waals surface area (Å²) >= 11 is 0. The van der Waals surface area contributed by atoms with E-state index in [0.717, 1.165) is 5.69 Å². The molecular weight excluding hydrogens is 266 g/mol. The third kappa shape index (κ3) is 3.42. The van der Waals surface area contributed by atoms with Gasteiger partial charge < -0.3 is 16.0 Å². The SMILES string of the molecule is CC(C)c1ccc(N2CCC(C(=O)NCCN)C2=O)cc1. The molecule has 3 N–H and O–H groups in total. The van der Waals surface area contributed by atoms with Gasteiger partial charge in [-0.1, -0.05) is 26.0 Å². The molecule has 0 bridgehead atoms. The zero-order valence-corrected chi connectivity index (χ0v) is 12.6. The molecule has 21 heavy (non-hydrogen) atoms. The van der Waals surface area contributed by atoms with E-state index in [1.807, 2.05) is 24.3 Å². The normalized spacial score (nSPS) is 18.4. The third-order valence-electron chi connectivity index (χ3n) is 3.84. The first kappa shape index (κ1) is 15.5. The van der Waals surface area contributed by atoms with Crippen molar-refractivity contribution in [1.29, 1.82) is 0 Å². The number of hydrogen-bond acceptors (Lipinski definition) is 3. The summed E-state index contributed by atoms with van der Waals surface area (Å²) < 4.78 is 0. The van der Waals surface area contributed by atoms with E-state index in [9.17, 15) is 9.59 Å². The van der Waals surface area contributed by atoms with Gasteiger partial charge in [0.05, 0.1) is 0 Å². The second kappa shape index (κ2) is 6.72. The molecule has 1 saturated heterocycles. The Labute approximate surface area is 125 Å². The molecule has 1 aliphatic rings. The predicted molar refractivity (Wildman–Crippen MR) is 83.1 cm³/mol. The molecule has 1 fully saturated rings. The number of anilines is 1. The number of nitrogens with one attached hydrogen (secondary N) is 1. The Balaban J connectivity index is 2.05. The second-order valence-electron chi connectivity index (χ2n) is 5.66. The quantitative estimate of drug-likeness (QED) is 0.801. The highest BCUT2D eigenvalue weighted by Crippen LogP contribution is 2.27. The first-order valence-electron chi connectivity index (χ1n) is 7.43. The van der Waals surface area contributed by atoms with Crippen LogP contribution in [-0.2, 0) is 9.59 Å². The summed E-state index contributed by atoms with van der Waals surface area (Å²) in [5.41, 5.74) is 7.46. The van der Waals surface area contributed by atoms with Crippen LogP contribution in [0.25, 0.3) is 0 Å². The summed E-state index contributed by atoms with van der Waals surface area (Å²) in [5.74, 6) is -0.460. The van der Waals surface area contributed by atoms with E-state index in [1.54, 1.807) is 4.90 Å². The molecule has 2 rings (SSSR count). The molecule has 1 aromatic rings. The molecule has 0 saturated carbocycles. The van der Waals surface area contributed by atoms with E-state index in [2.05, 4.69) is 19.2 Å². The van der Waals surface area contributed by atoms with Crippen molar-refractivity contribution in [3.05, 3.63) is 29.8 Å². The molecular formula is C16H23N3O2. The largest absolute Gasteiger partial charge is 0.354 e.